The molecule has 0 heterocycles. The SMILES string of the molecule is COc1cccc(CNC(=O)Nc2ccc(CN)cc2)c1. The highest BCUT2D eigenvalue weighted by Crippen LogP contribution is 2.12. The Hall–Kier alpha value is -2.53. The zero-order chi connectivity index (χ0) is 15.1. The number of urea groups is 1. The Morgan fingerprint density at radius 2 is 1.90 bits per heavy atom. The van der Waals surface area contributed by atoms with Crippen LogP contribution in [-0.2, 0) is 13.1 Å². The van der Waals surface area contributed by atoms with E-state index < -0.39 is 0 Å². The van der Waals surface area contributed by atoms with Crippen LogP contribution < -0.4 is 21.1 Å². The number of nitrogens with two attached hydrogens (primary N) is 1. The fourth-order valence-corrected chi connectivity index (χ4v) is 1.86. The molecule has 0 saturated heterocycles. The van der Waals surface area contributed by atoms with Crippen molar-refractivity contribution in [1.29, 1.82) is 0 Å². The maximum atomic E-state index is 11.8. The van der Waals surface area contributed by atoms with Crippen molar-refractivity contribution in [1.82, 2.24) is 5.32 Å². The van der Waals surface area contributed by atoms with Crippen molar-refractivity contribution in [3.63, 3.8) is 0 Å². The third-order valence-corrected chi connectivity index (χ3v) is 3.03. The van der Waals surface area contributed by atoms with Crippen LogP contribution in [-0.4, -0.2) is 13.1 Å². The summed E-state index contributed by atoms with van der Waals surface area (Å²) in [6, 6.07) is 14.7. The van der Waals surface area contributed by atoms with Crippen LogP contribution in [0, 0.1) is 0 Å². The summed E-state index contributed by atoms with van der Waals surface area (Å²) in [6.07, 6.45) is 0. The highest BCUT2D eigenvalue weighted by molar-refractivity contribution is 5.89. The lowest BCUT2D eigenvalue weighted by molar-refractivity contribution is 0.251. The van der Waals surface area contributed by atoms with E-state index in [1.165, 1.54) is 0 Å². The van der Waals surface area contributed by atoms with Gasteiger partial charge in [-0.3, -0.25) is 0 Å². The van der Waals surface area contributed by atoms with Gasteiger partial charge in [-0.2, -0.15) is 0 Å². The molecular weight excluding hydrogens is 266 g/mol. The van der Waals surface area contributed by atoms with E-state index in [0.29, 0.717) is 13.1 Å². The van der Waals surface area contributed by atoms with Crippen molar-refractivity contribution in [2.24, 2.45) is 5.73 Å². The number of methoxy groups -OCH3 is 1. The van der Waals surface area contributed by atoms with Crippen LogP contribution in [0.3, 0.4) is 0 Å². The average Bonchev–Trinajstić information content (AvgIpc) is 2.54. The Morgan fingerprint density at radius 1 is 1.14 bits per heavy atom. The number of hydrogen-bond acceptors (Lipinski definition) is 3. The molecule has 5 heteroatoms. The third kappa shape index (κ3) is 4.50. The summed E-state index contributed by atoms with van der Waals surface area (Å²) in [7, 11) is 1.62. The first-order valence-electron chi connectivity index (χ1n) is 6.68. The third-order valence-electron chi connectivity index (χ3n) is 3.03. The van der Waals surface area contributed by atoms with Crippen LogP contribution in [0.2, 0.25) is 0 Å². The van der Waals surface area contributed by atoms with Crippen LogP contribution in [0.1, 0.15) is 11.1 Å². The molecule has 0 aromatic heterocycles. The van der Waals surface area contributed by atoms with E-state index in [2.05, 4.69) is 10.6 Å². The molecule has 5 nitrogen and oxygen atoms in total. The van der Waals surface area contributed by atoms with Crippen molar-refractivity contribution in [3.8, 4) is 5.75 Å². The summed E-state index contributed by atoms with van der Waals surface area (Å²) >= 11 is 0. The van der Waals surface area contributed by atoms with Gasteiger partial charge in [-0.15, -0.1) is 0 Å². The lowest BCUT2D eigenvalue weighted by Crippen LogP contribution is -2.28. The maximum absolute atomic E-state index is 11.8. The second-order valence-corrected chi connectivity index (χ2v) is 4.56. The molecule has 2 amide bonds. The number of ether oxygens (including phenoxy) is 1. The van der Waals surface area contributed by atoms with Gasteiger partial charge in [0.25, 0.3) is 0 Å². The largest absolute Gasteiger partial charge is 0.497 e. The van der Waals surface area contributed by atoms with E-state index >= 15 is 0 Å². The van der Waals surface area contributed by atoms with Gasteiger partial charge in [-0.25, -0.2) is 4.79 Å². The molecule has 0 spiro atoms. The minimum atomic E-state index is -0.252. The van der Waals surface area contributed by atoms with E-state index in [1.807, 2.05) is 48.5 Å². The number of amides is 2. The summed E-state index contributed by atoms with van der Waals surface area (Å²) in [5.74, 6) is 0.770. The first-order valence-corrected chi connectivity index (χ1v) is 6.68. The number of benzene rings is 2. The monoisotopic (exact) mass is 285 g/mol. The fraction of sp³-hybridized carbons (Fsp3) is 0.188. The van der Waals surface area contributed by atoms with Gasteiger partial charge in [0.2, 0.25) is 0 Å². The van der Waals surface area contributed by atoms with Crippen LogP contribution >= 0.6 is 0 Å². The molecule has 2 aromatic rings. The molecule has 2 aromatic carbocycles. The first-order chi connectivity index (χ1) is 10.2. The summed E-state index contributed by atoms with van der Waals surface area (Å²) in [5.41, 5.74) is 8.26. The summed E-state index contributed by atoms with van der Waals surface area (Å²) in [6.45, 7) is 0.923. The molecule has 0 unspecified atom stereocenters. The highest BCUT2D eigenvalue weighted by atomic mass is 16.5. The zero-order valence-electron chi connectivity index (χ0n) is 11.9. The molecule has 0 aliphatic heterocycles. The Bertz CT molecular complexity index is 597. The van der Waals surface area contributed by atoms with Gasteiger partial charge in [-0.05, 0) is 35.4 Å². The molecule has 0 aliphatic carbocycles. The number of carbonyl (C=O) groups is 1. The molecule has 0 radical (unpaired) electrons. The number of nitrogens with one attached hydrogen (secondary N) is 2. The minimum Gasteiger partial charge on any atom is -0.497 e. The van der Waals surface area contributed by atoms with E-state index in [1.54, 1.807) is 7.11 Å². The number of anilines is 1. The normalized spacial score (nSPS) is 10.0. The lowest BCUT2D eigenvalue weighted by atomic mass is 10.2. The van der Waals surface area contributed by atoms with Crippen molar-refractivity contribution >= 4 is 11.7 Å². The standard InChI is InChI=1S/C16H19N3O2/c1-21-15-4-2-3-13(9-15)11-18-16(20)19-14-7-5-12(10-17)6-8-14/h2-9H,10-11,17H2,1H3,(H2,18,19,20). The molecular formula is C16H19N3O2. The maximum Gasteiger partial charge on any atom is 0.319 e. The topological polar surface area (TPSA) is 76.4 Å². The quantitative estimate of drug-likeness (QED) is 0.790. The van der Waals surface area contributed by atoms with Gasteiger partial charge in [0, 0.05) is 18.8 Å². The predicted molar refractivity (Wildman–Crippen MR) is 83.2 cm³/mol. The predicted octanol–water partition coefficient (Wildman–Crippen LogP) is 2.48. The van der Waals surface area contributed by atoms with Gasteiger partial charge in [0.05, 0.1) is 7.11 Å². The molecule has 2 rings (SSSR count). The fourth-order valence-electron chi connectivity index (χ4n) is 1.86. The van der Waals surface area contributed by atoms with E-state index in [4.69, 9.17) is 10.5 Å². The molecule has 0 atom stereocenters. The zero-order valence-corrected chi connectivity index (χ0v) is 11.9. The molecule has 0 aliphatic rings. The van der Waals surface area contributed by atoms with Gasteiger partial charge in [0.15, 0.2) is 0 Å². The van der Waals surface area contributed by atoms with Gasteiger partial charge >= 0.3 is 6.03 Å². The molecule has 21 heavy (non-hydrogen) atoms. The summed E-state index contributed by atoms with van der Waals surface area (Å²) in [4.78, 5) is 11.8. The lowest BCUT2D eigenvalue weighted by Gasteiger charge is -2.09. The summed E-state index contributed by atoms with van der Waals surface area (Å²) in [5, 5.41) is 5.57. The van der Waals surface area contributed by atoms with Gasteiger partial charge in [0.1, 0.15) is 5.75 Å². The van der Waals surface area contributed by atoms with Crippen LogP contribution in [0.25, 0.3) is 0 Å². The Kier molecular flexibility index (Phi) is 5.17. The van der Waals surface area contributed by atoms with Crippen molar-refractivity contribution in [2.45, 2.75) is 13.1 Å². The van der Waals surface area contributed by atoms with Crippen molar-refractivity contribution in [3.05, 3.63) is 59.7 Å². The molecule has 0 saturated carbocycles. The Labute approximate surface area is 124 Å². The van der Waals surface area contributed by atoms with Crippen LogP contribution in [0.15, 0.2) is 48.5 Å². The van der Waals surface area contributed by atoms with E-state index in [-0.39, 0.29) is 6.03 Å². The Morgan fingerprint density at radius 3 is 2.57 bits per heavy atom. The van der Waals surface area contributed by atoms with Gasteiger partial charge < -0.3 is 21.1 Å². The van der Waals surface area contributed by atoms with Gasteiger partial charge in [-0.1, -0.05) is 24.3 Å². The van der Waals surface area contributed by atoms with E-state index in [9.17, 15) is 4.79 Å². The Balaban J connectivity index is 1.86. The second-order valence-electron chi connectivity index (χ2n) is 4.56. The average molecular weight is 285 g/mol. The smallest absolute Gasteiger partial charge is 0.319 e. The molecule has 0 fully saturated rings. The number of carbonyl (C=O) groups excluding carboxylic acids is 1. The minimum absolute atomic E-state index is 0.252. The molecule has 0 bridgehead atoms. The highest BCUT2D eigenvalue weighted by Gasteiger charge is 2.02. The van der Waals surface area contributed by atoms with Crippen molar-refractivity contribution < 1.29 is 9.53 Å². The van der Waals surface area contributed by atoms with Crippen molar-refractivity contribution in [2.75, 3.05) is 12.4 Å². The molecule has 110 valence electrons. The van der Waals surface area contributed by atoms with Crippen LogP contribution in [0.5, 0.6) is 5.75 Å². The van der Waals surface area contributed by atoms with E-state index in [0.717, 1.165) is 22.6 Å². The second kappa shape index (κ2) is 7.31. The summed E-state index contributed by atoms with van der Waals surface area (Å²) < 4.78 is 5.14. The number of rotatable bonds is 5. The number of hydrogen-bond donors (Lipinski definition) is 3. The molecule has 4 N–H and O–H groups in total. The first kappa shape index (κ1) is 14.9. The van der Waals surface area contributed by atoms with Crippen LogP contribution in [0.4, 0.5) is 10.5 Å².